The van der Waals surface area contributed by atoms with Gasteiger partial charge < -0.3 is 24.8 Å². The number of nitrogens with zero attached hydrogens (tertiary/aromatic N) is 2. The van der Waals surface area contributed by atoms with E-state index in [1.54, 1.807) is 31.4 Å². The number of rotatable bonds is 5. The van der Waals surface area contributed by atoms with Crippen molar-refractivity contribution in [3.05, 3.63) is 29.8 Å². The van der Waals surface area contributed by atoms with Gasteiger partial charge in [-0.25, -0.2) is 0 Å². The smallest absolute Gasteiger partial charge is 0.251 e. The highest BCUT2D eigenvalue weighted by Gasteiger charge is 2.38. The van der Waals surface area contributed by atoms with Crippen LogP contribution < -0.4 is 10.1 Å². The topological polar surface area (TPSA) is 74.3 Å². The molecule has 3 rings (SSSR count). The number of benzene rings is 1. The molecule has 2 aliphatic rings. The van der Waals surface area contributed by atoms with E-state index in [9.17, 15) is 9.90 Å². The fraction of sp³-hybridized carbons (Fsp3) is 0.611. The van der Waals surface area contributed by atoms with Crippen molar-refractivity contribution < 1.29 is 19.4 Å². The van der Waals surface area contributed by atoms with E-state index in [1.165, 1.54) is 0 Å². The molecule has 7 heteroatoms. The number of ether oxygens (including phenoxy) is 2. The van der Waals surface area contributed by atoms with Crippen LogP contribution in [0.1, 0.15) is 10.4 Å². The number of nitrogens with one attached hydrogen (secondary N) is 1. The predicted octanol–water partition coefficient (Wildman–Crippen LogP) is -0.199. The van der Waals surface area contributed by atoms with Crippen molar-refractivity contribution in [3.8, 4) is 5.75 Å². The Balaban J connectivity index is 1.51. The second-order valence-corrected chi connectivity index (χ2v) is 6.77. The maximum Gasteiger partial charge on any atom is 0.251 e. The summed E-state index contributed by atoms with van der Waals surface area (Å²) in [6.45, 7) is 5.05. The second-order valence-electron chi connectivity index (χ2n) is 6.77. The average Bonchev–Trinajstić information content (AvgIpc) is 2.97. The van der Waals surface area contributed by atoms with Gasteiger partial charge in [0.05, 0.1) is 25.9 Å². The maximum absolute atomic E-state index is 12.3. The molecule has 0 unspecified atom stereocenters. The van der Waals surface area contributed by atoms with Crippen molar-refractivity contribution in [2.24, 2.45) is 0 Å². The lowest BCUT2D eigenvalue weighted by atomic mass is 10.1. The van der Waals surface area contributed by atoms with Crippen LogP contribution in [0, 0.1) is 0 Å². The minimum atomic E-state index is -0.693. The van der Waals surface area contributed by atoms with Crippen LogP contribution in [0.4, 0.5) is 0 Å². The van der Waals surface area contributed by atoms with E-state index in [0.29, 0.717) is 24.5 Å². The molecule has 0 bridgehead atoms. The van der Waals surface area contributed by atoms with Crippen LogP contribution in [0.2, 0.25) is 0 Å². The molecular weight excluding hydrogens is 322 g/mol. The van der Waals surface area contributed by atoms with E-state index in [2.05, 4.69) is 22.2 Å². The number of carbonyl (C=O) groups excluding carboxylic acids is 1. The zero-order valence-corrected chi connectivity index (χ0v) is 14.9. The molecular formula is C18H27N3O4. The van der Waals surface area contributed by atoms with Gasteiger partial charge in [-0.2, -0.15) is 0 Å². The number of amides is 1. The summed E-state index contributed by atoms with van der Waals surface area (Å²) in [5.41, 5.74) is 0.538. The van der Waals surface area contributed by atoms with Crippen molar-refractivity contribution in [1.82, 2.24) is 15.1 Å². The minimum absolute atomic E-state index is 0.212. The van der Waals surface area contributed by atoms with Crippen LogP contribution in [-0.4, -0.2) is 92.6 Å². The monoisotopic (exact) mass is 349 g/mol. The Morgan fingerprint density at radius 1 is 1.28 bits per heavy atom. The van der Waals surface area contributed by atoms with E-state index in [1.807, 2.05) is 0 Å². The van der Waals surface area contributed by atoms with E-state index < -0.39 is 6.10 Å². The fourth-order valence-electron chi connectivity index (χ4n) is 3.25. The molecule has 2 aliphatic heterocycles. The molecule has 1 amide bonds. The van der Waals surface area contributed by atoms with E-state index >= 15 is 0 Å². The zero-order chi connectivity index (χ0) is 17.8. The third-order valence-corrected chi connectivity index (χ3v) is 4.99. The molecule has 1 aromatic rings. The first-order chi connectivity index (χ1) is 12.1. The molecule has 2 heterocycles. The standard InChI is InChI=1S/C18H27N3O4/c1-20-7-9-21(10-8-20)11-16-17(22)15(12-25-16)19-18(23)13-3-5-14(24-2)6-4-13/h3-6,15-17,22H,7-12H2,1-2H3,(H,19,23)/t15-,16-,17+/m0/s1. The second kappa shape index (κ2) is 8.14. The van der Waals surface area contributed by atoms with Crippen molar-refractivity contribution >= 4 is 5.91 Å². The van der Waals surface area contributed by atoms with Crippen molar-refractivity contribution in [2.75, 3.05) is 53.5 Å². The highest BCUT2D eigenvalue weighted by atomic mass is 16.5. The molecule has 3 atom stereocenters. The van der Waals surface area contributed by atoms with Crippen LogP contribution in [-0.2, 0) is 4.74 Å². The molecule has 138 valence electrons. The lowest BCUT2D eigenvalue weighted by molar-refractivity contribution is 0.00606. The molecule has 0 aromatic heterocycles. The Hall–Kier alpha value is -1.67. The first-order valence-electron chi connectivity index (χ1n) is 8.72. The molecule has 0 radical (unpaired) electrons. The Labute approximate surface area is 148 Å². The van der Waals surface area contributed by atoms with Gasteiger partial charge in [0.2, 0.25) is 0 Å². The zero-order valence-electron chi connectivity index (χ0n) is 14.9. The van der Waals surface area contributed by atoms with Gasteiger partial charge in [-0.3, -0.25) is 9.69 Å². The summed E-state index contributed by atoms with van der Waals surface area (Å²) in [5.74, 6) is 0.489. The Bertz CT molecular complexity index is 572. The van der Waals surface area contributed by atoms with E-state index in [4.69, 9.17) is 9.47 Å². The van der Waals surface area contributed by atoms with Crippen molar-refractivity contribution in [1.29, 1.82) is 0 Å². The number of carbonyl (C=O) groups is 1. The van der Waals surface area contributed by atoms with Crippen LogP contribution >= 0.6 is 0 Å². The first kappa shape index (κ1) is 18.1. The van der Waals surface area contributed by atoms with Gasteiger partial charge in [0.25, 0.3) is 5.91 Å². The molecule has 0 spiro atoms. The Morgan fingerprint density at radius 2 is 1.96 bits per heavy atom. The number of likely N-dealkylation sites (N-methyl/N-ethyl adjacent to an activating group) is 1. The molecule has 1 aromatic carbocycles. The molecule has 25 heavy (non-hydrogen) atoms. The van der Waals surface area contributed by atoms with Crippen molar-refractivity contribution in [3.63, 3.8) is 0 Å². The Kier molecular flexibility index (Phi) is 5.90. The number of methoxy groups -OCH3 is 1. The van der Waals surface area contributed by atoms with Gasteiger partial charge >= 0.3 is 0 Å². The summed E-state index contributed by atoms with van der Waals surface area (Å²) in [6.07, 6.45) is -0.952. The molecule has 2 saturated heterocycles. The largest absolute Gasteiger partial charge is 0.497 e. The van der Waals surface area contributed by atoms with Crippen LogP contribution in [0.25, 0.3) is 0 Å². The molecule has 0 saturated carbocycles. The lowest BCUT2D eigenvalue weighted by Crippen LogP contribution is -2.50. The summed E-state index contributed by atoms with van der Waals surface area (Å²) in [7, 11) is 3.70. The van der Waals surface area contributed by atoms with Crippen LogP contribution in [0.15, 0.2) is 24.3 Å². The molecule has 2 fully saturated rings. The van der Waals surface area contributed by atoms with Crippen LogP contribution in [0.5, 0.6) is 5.75 Å². The average molecular weight is 349 g/mol. The number of piperazine rings is 1. The Morgan fingerprint density at radius 3 is 2.60 bits per heavy atom. The highest BCUT2D eigenvalue weighted by Crippen LogP contribution is 2.18. The van der Waals surface area contributed by atoms with Gasteiger partial charge in [0, 0.05) is 38.3 Å². The van der Waals surface area contributed by atoms with E-state index in [0.717, 1.165) is 26.2 Å². The number of hydrogen-bond acceptors (Lipinski definition) is 6. The summed E-state index contributed by atoms with van der Waals surface area (Å²) in [6, 6.07) is 6.52. The molecule has 7 nitrogen and oxygen atoms in total. The number of aliphatic hydroxyl groups is 1. The van der Waals surface area contributed by atoms with Gasteiger partial charge in [-0.1, -0.05) is 0 Å². The van der Waals surface area contributed by atoms with Gasteiger partial charge in [0.1, 0.15) is 11.9 Å². The third-order valence-electron chi connectivity index (χ3n) is 4.99. The quantitative estimate of drug-likeness (QED) is 0.767. The third kappa shape index (κ3) is 4.49. The summed E-state index contributed by atoms with van der Waals surface area (Å²) >= 11 is 0. The van der Waals surface area contributed by atoms with Crippen molar-refractivity contribution in [2.45, 2.75) is 18.2 Å². The number of hydrogen-bond donors (Lipinski definition) is 2. The summed E-state index contributed by atoms with van der Waals surface area (Å²) in [4.78, 5) is 16.9. The highest BCUT2D eigenvalue weighted by molar-refractivity contribution is 5.94. The van der Waals surface area contributed by atoms with Crippen LogP contribution in [0.3, 0.4) is 0 Å². The summed E-state index contributed by atoms with van der Waals surface area (Å²) in [5, 5.41) is 13.4. The fourth-order valence-corrected chi connectivity index (χ4v) is 3.25. The predicted molar refractivity (Wildman–Crippen MR) is 93.9 cm³/mol. The van der Waals surface area contributed by atoms with Gasteiger partial charge in [0.15, 0.2) is 0 Å². The lowest BCUT2D eigenvalue weighted by Gasteiger charge is -2.34. The number of aliphatic hydroxyl groups excluding tert-OH is 1. The summed E-state index contributed by atoms with van der Waals surface area (Å²) < 4.78 is 10.8. The minimum Gasteiger partial charge on any atom is -0.497 e. The molecule has 0 aliphatic carbocycles. The first-order valence-corrected chi connectivity index (χ1v) is 8.72. The normalized spacial score (nSPS) is 28.0. The molecule has 2 N–H and O–H groups in total. The maximum atomic E-state index is 12.3. The van der Waals surface area contributed by atoms with Gasteiger partial charge in [-0.15, -0.1) is 0 Å². The SMILES string of the molecule is COc1ccc(C(=O)N[C@H]2CO[C@@H](CN3CCN(C)CC3)[C@@H]2O)cc1. The van der Waals surface area contributed by atoms with E-state index in [-0.39, 0.29) is 18.1 Å². The van der Waals surface area contributed by atoms with Gasteiger partial charge in [-0.05, 0) is 31.3 Å².